The highest BCUT2D eigenvalue weighted by atomic mass is 79.9. The van der Waals surface area contributed by atoms with Crippen LogP contribution in [0.3, 0.4) is 0 Å². The zero-order valence-electron chi connectivity index (χ0n) is 15.9. The Bertz CT molecular complexity index is 821. The highest BCUT2D eigenvalue weighted by molar-refractivity contribution is 9.10. The number of nitrogens with one attached hydrogen (secondary N) is 2. The number of carbonyl (C=O) groups is 1. The molecule has 4 rings (SSSR count). The van der Waals surface area contributed by atoms with Gasteiger partial charge in [-0.05, 0) is 42.0 Å². The van der Waals surface area contributed by atoms with Gasteiger partial charge in [0, 0.05) is 42.9 Å². The topological polar surface area (TPSA) is 56.8 Å². The molecule has 2 aromatic carbocycles. The van der Waals surface area contributed by atoms with Crippen LogP contribution in [-0.4, -0.2) is 50.6 Å². The third-order valence-electron chi connectivity index (χ3n) is 5.54. The minimum absolute atomic E-state index is 0.00961. The fourth-order valence-electron chi connectivity index (χ4n) is 3.96. The Morgan fingerprint density at radius 1 is 1.11 bits per heavy atom. The maximum absolute atomic E-state index is 13.2. The Balaban J connectivity index is 1.39. The number of benzene rings is 2. The van der Waals surface area contributed by atoms with Gasteiger partial charge in [0.25, 0.3) is 0 Å². The molecular formula is C21H25BrN4O2. The molecule has 2 aliphatic rings. The molecule has 2 atom stereocenters. The van der Waals surface area contributed by atoms with E-state index in [0.717, 1.165) is 42.0 Å². The summed E-state index contributed by atoms with van der Waals surface area (Å²) in [5.74, 6) is 0.982. The molecule has 1 amide bonds. The number of hydrogen-bond acceptors (Lipinski definition) is 5. The van der Waals surface area contributed by atoms with Crippen LogP contribution >= 0.6 is 15.9 Å². The number of carbonyl (C=O) groups excluding carboxylic acids is 1. The van der Waals surface area contributed by atoms with Crippen molar-refractivity contribution in [2.75, 3.05) is 44.7 Å². The van der Waals surface area contributed by atoms with E-state index in [-0.39, 0.29) is 17.9 Å². The van der Waals surface area contributed by atoms with E-state index in [2.05, 4.69) is 55.9 Å². The molecule has 2 aliphatic heterocycles. The van der Waals surface area contributed by atoms with Crippen LogP contribution in [-0.2, 0) is 4.79 Å². The van der Waals surface area contributed by atoms with Crippen LogP contribution in [0.15, 0.2) is 53.0 Å². The minimum atomic E-state index is -0.0955. The molecule has 2 heterocycles. The molecule has 0 radical (unpaired) electrons. The van der Waals surface area contributed by atoms with Gasteiger partial charge in [-0.1, -0.05) is 28.1 Å². The van der Waals surface area contributed by atoms with Crippen molar-refractivity contribution in [1.82, 2.24) is 15.8 Å². The lowest BCUT2D eigenvalue weighted by molar-refractivity contribution is -0.135. The van der Waals surface area contributed by atoms with E-state index in [1.165, 1.54) is 5.69 Å². The van der Waals surface area contributed by atoms with E-state index >= 15 is 0 Å². The lowest BCUT2D eigenvalue weighted by atomic mass is 9.93. The Morgan fingerprint density at radius 3 is 2.54 bits per heavy atom. The van der Waals surface area contributed by atoms with Gasteiger partial charge in [-0.15, -0.1) is 0 Å². The van der Waals surface area contributed by atoms with Crippen molar-refractivity contribution < 1.29 is 9.53 Å². The molecule has 148 valence electrons. The quantitative estimate of drug-likeness (QED) is 0.758. The molecule has 0 spiro atoms. The summed E-state index contributed by atoms with van der Waals surface area (Å²) in [5, 5.41) is 0. The molecule has 2 fully saturated rings. The Hall–Kier alpha value is -2.09. The zero-order valence-corrected chi connectivity index (χ0v) is 17.5. The molecule has 2 unspecified atom stereocenters. The maximum Gasteiger partial charge on any atom is 0.229 e. The summed E-state index contributed by atoms with van der Waals surface area (Å²) in [6.07, 6.45) is 0. The lowest BCUT2D eigenvalue weighted by Crippen LogP contribution is -2.51. The first-order chi connectivity index (χ1) is 13.7. The first kappa shape index (κ1) is 19.2. The predicted octanol–water partition coefficient (Wildman–Crippen LogP) is 2.57. The van der Waals surface area contributed by atoms with Gasteiger partial charge in [0.15, 0.2) is 0 Å². The largest absolute Gasteiger partial charge is 0.497 e. The third kappa shape index (κ3) is 4.01. The van der Waals surface area contributed by atoms with Crippen molar-refractivity contribution in [3.63, 3.8) is 0 Å². The second-order valence-electron chi connectivity index (χ2n) is 7.17. The van der Waals surface area contributed by atoms with Gasteiger partial charge in [-0.25, -0.2) is 5.43 Å². The first-order valence-corrected chi connectivity index (χ1v) is 10.4. The highest BCUT2D eigenvalue weighted by Gasteiger charge is 2.37. The molecule has 0 saturated carbocycles. The smallest absolute Gasteiger partial charge is 0.229 e. The number of ether oxygens (including phenoxy) is 1. The second kappa shape index (κ2) is 8.51. The number of rotatable bonds is 4. The van der Waals surface area contributed by atoms with E-state index in [9.17, 15) is 4.79 Å². The normalized spacial score (nSPS) is 22.4. The summed E-state index contributed by atoms with van der Waals surface area (Å²) < 4.78 is 6.26. The number of hydrazine groups is 1. The van der Waals surface area contributed by atoms with Crippen LogP contribution in [0.5, 0.6) is 5.75 Å². The summed E-state index contributed by atoms with van der Waals surface area (Å²) in [4.78, 5) is 17.5. The summed E-state index contributed by atoms with van der Waals surface area (Å²) in [6, 6.07) is 16.2. The molecule has 7 heteroatoms. The molecule has 28 heavy (non-hydrogen) atoms. The number of amides is 1. The summed E-state index contributed by atoms with van der Waals surface area (Å²) in [7, 11) is 1.67. The van der Waals surface area contributed by atoms with Gasteiger partial charge in [0.05, 0.1) is 19.1 Å². The van der Waals surface area contributed by atoms with E-state index in [1.807, 2.05) is 29.2 Å². The summed E-state index contributed by atoms with van der Waals surface area (Å²) in [5.41, 5.74) is 8.74. The van der Waals surface area contributed by atoms with Gasteiger partial charge < -0.3 is 14.5 Å². The molecule has 2 N–H and O–H groups in total. The van der Waals surface area contributed by atoms with Crippen molar-refractivity contribution >= 4 is 27.5 Å². The van der Waals surface area contributed by atoms with Crippen LogP contribution in [0.25, 0.3) is 0 Å². The van der Waals surface area contributed by atoms with Gasteiger partial charge in [0.2, 0.25) is 5.91 Å². The summed E-state index contributed by atoms with van der Waals surface area (Å²) in [6.45, 7) is 3.81. The first-order valence-electron chi connectivity index (χ1n) is 9.57. The molecular weight excluding hydrogens is 420 g/mol. The van der Waals surface area contributed by atoms with Crippen LogP contribution in [0.4, 0.5) is 5.69 Å². The molecule has 0 aromatic heterocycles. The number of hydrogen-bond donors (Lipinski definition) is 2. The zero-order chi connectivity index (χ0) is 19.5. The third-order valence-corrected chi connectivity index (χ3v) is 6.03. The van der Waals surface area contributed by atoms with Crippen LogP contribution < -0.4 is 20.5 Å². The standard InChI is InChI=1S/C21H25BrN4O2/c1-28-18-7-5-17(6-8-18)25-9-11-26(12-10-25)21(27)19-14-23-24-20(19)15-3-2-4-16(22)13-15/h2-8,13,19-20,23-24H,9-12,14H2,1H3. The Labute approximate surface area is 173 Å². The average molecular weight is 445 g/mol. The SMILES string of the molecule is COc1ccc(N2CCN(C(=O)C3CNNC3c3cccc(Br)c3)CC2)cc1. The Kier molecular flexibility index (Phi) is 5.85. The van der Waals surface area contributed by atoms with Crippen molar-refractivity contribution in [3.8, 4) is 5.75 Å². The summed E-state index contributed by atoms with van der Waals surface area (Å²) >= 11 is 3.52. The van der Waals surface area contributed by atoms with Gasteiger partial charge >= 0.3 is 0 Å². The number of anilines is 1. The van der Waals surface area contributed by atoms with E-state index < -0.39 is 0 Å². The van der Waals surface area contributed by atoms with Crippen molar-refractivity contribution in [2.45, 2.75) is 6.04 Å². The van der Waals surface area contributed by atoms with Crippen molar-refractivity contribution in [1.29, 1.82) is 0 Å². The monoisotopic (exact) mass is 444 g/mol. The molecule has 6 nitrogen and oxygen atoms in total. The van der Waals surface area contributed by atoms with Gasteiger partial charge in [0.1, 0.15) is 5.75 Å². The number of piperazine rings is 1. The maximum atomic E-state index is 13.2. The number of halogens is 1. The van der Waals surface area contributed by atoms with Crippen molar-refractivity contribution in [2.24, 2.45) is 5.92 Å². The van der Waals surface area contributed by atoms with Crippen LogP contribution in [0.2, 0.25) is 0 Å². The van der Waals surface area contributed by atoms with Gasteiger partial charge in [-0.3, -0.25) is 10.2 Å². The van der Waals surface area contributed by atoms with Crippen LogP contribution in [0, 0.1) is 5.92 Å². The highest BCUT2D eigenvalue weighted by Crippen LogP contribution is 2.29. The second-order valence-corrected chi connectivity index (χ2v) is 8.09. The molecule has 2 saturated heterocycles. The van der Waals surface area contributed by atoms with Gasteiger partial charge in [-0.2, -0.15) is 0 Å². The molecule has 2 aromatic rings. The number of nitrogens with zero attached hydrogens (tertiary/aromatic N) is 2. The minimum Gasteiger partial charge on any atom is -0.497 e. The fraction of sp³-hybridized carbons (Fsp3) is 0.381. The fourth-order valence-corrected chi connectivity index (χ4v) is 4.37. The molecule has 0 aliphatic carbocycles. The molecule has 0 bridgehead atoms. The number of methoxy groups -OCH3 is 1. The predicted molar refractivity (Wildman–Crippen MR) is 113 cm³/mol. The van der Waals surface area contributed by atoms with Crippen LogP contribution in [0.1, 0.15) is 11.6 Å². The van der Waals surface area contributed by atoms with E-state index in [1.54, 1.807) is 7.11 Å². The lowest BCUT2D eigenvalue weighted by Gasteiger charge is -2.37. The average Bonchev–Trinajstić information content (AvgIpc) is 3.23. The van der Waals surface area contributed by atoms with E-state index in [0.29, 0.717) is 6.54 Å². The van der Waals surface area contributed by atoms with Crippen molar-refractivity contribution in [3.05, 3.63) is 58.6 Å². The Morgan fingerprint density at radius 2 is 1.86 bits per heavy atom. The van der Waals surface area contributed by atoms with E-state index in [4.69, 9.17) is 4.74 Å².